The Morgan fingerprint density at radius 2 is 2.20 bits per heavy atom. The summed E-state index contributed by atoms with van der Waals surface area (Å²) in [4.78, 5) is 0. The van der Waals surface area contributed by atoms with Crippen LogP contribution in [0, 0.1) is 5.92 Å². The van der Waals surface area contributed by atoms with E-state index in [1.165, 1.54) is 0 Å². The van der Waals surface area contributed by atoms with Crippen molar-refractivity contribution in [3.8, 4) is 0 Å². The van der Waals surface area contributed by atoms with E-state index in [9.17, 15) is 9.32 Å². The molecule has 0 aromatic carbocycles. The summed E-state index contributed by atoms with van der Waals surface area (Å²) in [5, 5.41) is 10.2. The van der Waals surface area contributed by atoms with Crippen molar-refractivity contribution in [3.63, 3.8) is 0 Å². The Morgan fingerprint density at radius 1 is 1.53 bits per heavy atom. The fraction of sp³-hybridized carbons (Fsp3) is 0.818. The Kier molecular flexibility index (Phi) is 4.87. The number of aliphatic hydroxyl groups is 1. The van der Waals surface area contributed by atoms with E-state index in [0.29, 0.717) is 5.75 Å². The molecule has 0 radical (unpaired) electrons. The number of allylic oxidation sites excluding steroid dienone is 1. The van der Waals surface area contributed by atoms with Crippen LogP contribution in [-0.2, 0) is 10.8 Å². The molecule has 0 bridgehead atoms. The Morgan fingerprint density at radius 3 is 2.67 bits per heavy atom. The van der Waals surface area contributed by atoms with Gasteiger partial charge < -0.3 is 5.11 Å². The Labute approximate surface area is 99.0 Å². The zero-order valence-corrected chi connectivity index (χ0v) is 11.2. The second kappa shape index (κ2) is 5.51. The molecule has 1 heterocycles. The molecule has 0 spiro atoms. The Balaban J connectivity index is 3.00. The molecule has 88 valence electrons. The minimum atomic E-state index is -0.961. The summed E-state index contributed by atoms with van der Waals surface area (Å²) in [5.74, 6) is 1.83. The molecule has 1 unspecified atom stereocenters. The van der Waals surface area contributed by atoms with Crippen LogP contribution in [0.3, 0.4) is 0 Å². The molecule has 2 nitrogen and oxygen atoms in total. The zero-order chi connectivity index (χ0) is 11.5. The Hall–Kier alpha value is 0.200. The van der Waals surface area contributed by atoms with Crippen molar-refractivity contribution >= 4 is 22.6 Å². The lowest BCUT2D eigenvalue weighted by atomic mass is 10.0. The van der Waals surface area contributed by atoms with E-state index in [2.05, 4.69) is 0 Å². The van der Waals surface area contributed by atoms with Crippen molar-refractivity contribution in [1.82, 2.24) is 0 Å². The monoisotopic (exact) mass is 248 g/mol. The van der Waals surface area contributed by atoms with Gasteiger partial charge in [-0.05, 0) is 25.0 Å². The summed E-state index contributed by atoms with van der Waals surface area (Å²) >= 11 is 1.64. The summed E-state index contributed by atoms with van der Waals surface area (Å²) in [6, 6.07) is 0. The van der Waals surface area contributed by atoms with E-state index in [1.807, 2.05) is 32.9 Å². The SMILES string of the molecule is C/C=C/[C@]1([C@H](O)C(C)C)SCCCS1=O. The van der Waals surface area contributed by atoms with Crippen molar-refractivity contribution in [2.24, 2.45) is 5.92 Å². The van der Waals surface area contributed by atoms with E-state index in [0.717, 1.165) is 12.2 Å². The summed E-state index contributed by atoms with van der Waals surface area (Å²) in [6.45, 7) is 5.87. The van der Waals surface area contributed by atoms with E-state index >= 15 is 0 Å². The van der Waals surface area contributed by atoms with Gasteiger partial charge in [0.05, 0.1) is 6.10 Å². The first-order valence-electron chi connectivity index (χ1n) is 5.39. The molecule has 0 saturated carbocycles. The van der Waals surface area contributed by atoms with Crippen molar-refractivity contribution in [1.29, 1.82) is 0 Å². The van der Waals surface area contributed by atoms with E-state index < -0.39 is 21.0 Å². The van der Waals surface area contributed by atoms with Crippen LogP contribution >= 0.6 is 11.8 Å². The maximum absolute atomic E-state index is 12.1. The fourth-order valence-corrected chi connectivity index (χ4v) is 5.83. The molecule has 1 aliphatic rings. The first-order chi connectivity index (χ1) is 7.04. The second-order valence-corrected chi connectivity index (χ2v) is 7.57. The third-order valence-corrected chi connectivity index (χ3v) is 6.58. The molecule has 0 aromatic heterocycles. The van der Waals surface area contributed by atoms with Crippen LogP contribution in [0.2, 0.25) is 0 Å². The maximum Gasteiger partial charge on any atom is 0.135 e. The third-order valence-electron chi connectivity index (χ3n) is 2.60. The number of hydrogen-bond acceptors (Lipinski definition) is 3. The van der Waals surface area contributed by atoms with Crippen molar-refractivity contribution in [3.05, 3.63) is 12.2 Å². The van der Waals surface area contributed by atoms with Gasteiger partial charge in [0.15, 0.2) is 0 Å². The molecule has 15 heavy (non-hydrogen) atoms. The summed E-state index contributed by atoms with van der Waals surface area (Å²) < 4.78 is 11.6. The maximum atomic E-state index is 12.1. The molecular weight excluding hydrogens is 228 g/mol. The molecule has 1 aliphatic heterocycles. The predicted octanol–water partition coefficient (Wildman–Crippen LogP) is 2.16. The molecule has 0 aliphatic carbocycles. The predicted molar refractivity (Wildman–Crippen MR) is 68.5 cm³/mol. The van der Waals surface area contributed by atoms with Gasteiger partial charge in [-0.1, -0.05) is 26.0 Å². The van der Waals surface area contributed by atoms with Gasteiger partial charge in [-0.2, -0.15) is 0 Å². The summed E-state index contributed by atoms with van der Waals surface area (Å²) in [5.41, 5.74) is 0. The van der Waals surface area contributed by atoms with E-state index in [1.54, 1.807) is 11.8 Å². The van der Waals surface area contributed by atoms with E-state index in [4.69, 9.17) is 0 Å². The second-order valence-electron chi connectivity index (χ2n) is 4.16. The molecule has 1 N–H and O–H groups in total. The first kappa shape index (κ1) is 13.3. The number of aliphatic hydroxyl groups excluding tert-OH is 1. The van der Waals surface area contributed by atoms with Gasteiger partial charge in [0.1, 0.15) is 4.08 Å². The van der Waals surface area contributed by atoms with Crippen LogP contribution in [0.5, 0.6) is 0 Å². The first-order valence-corrected chi connectivity index (χ1v) is 7.69. The molecule has 0 aromatic rings. The normalized spacial score (nSPS) is 34.9. The average molecular weight is 248 g/mol. The molecular formula is C11H20O2S2. The zero-order valence-electron chi connectivity index (χ0n) is 9.60. The minimum Gasteiger partial charge on any atom is -0.390 e. The molecule has 4 heteroatoms. The fourth-order valence-electron chi connectivity index (χ4n) is 1.79. The number of rotatable bonds is 3. The van der Waals surface area contributed by atoms with Gasteiger partial charge in [-0.3, -0.25) is 4.21 Å². The van der Waals surface area contributed by atoms with Gasteiger partial charge >= 0.3 is 0 Å². The van der Waals surface area contributed by atoms with Crippen LogP contribution in [0.25, 0.3) is 0 Å². The van der Waals surface area contributed by atoms with E-state index in [-0.39, 0.29) is 5.92 Å². The van der Waals surface area contributed by atoms with Crippen molar-refractivity contribution < 1.29 is 9.32 Å². The third kappa shape index (κ3) is 2.66. The standard InChI is InChI=1S/C11H20O2S2/c1-4-6-11(10(12)9(2)3)14-7-5-8-15(11)13/h4,6,9-10,12H,5,7-8H2,1-3H3/b6-4+/t10-,11+,15?/m1/s1. The summed E-state index contributed by atoms with van der Waals surface area (Å²) in [7, 11) is -0.961. The van der Waals surface area contributed by atoms with Gasteiger partial charge in [0.2, 0.25) is 0 Å². The lowest BCUT2D eigenvalue weighted by molar-refractivity contribution is 0.123. The van der Waals surface area contributed by atoms with Gasteiger partial charge in [-0.15, -0.1) is 11.8 Å². The highest BCUT2D eigenvalue weighted by Gasteiger charge is 2.44. The smallest absolute Gasteiger partial charge is 0.135 e. The highest BCUT2D eigenvalue weighted by atomic mass is 32.2. The number of hydrogen-bond donors (Lipinski definition) is 1. The molecule has 3 atom stereocenters. The van der Waals surface area contributed by atoms with Crippen LogP contribution < -0.4 is 0 Å². The van der Waals surface area contributed by atoms with Crippen molar-refractivity contribution in [2.45, 2.75) is 37.4 Å². The topological polar surface area (TPSA) is 37.3 Å². The highest BCUT2D eigenvalue weighted by molar-refractivity contribution is 8.13. The van der Waals surface area contributed by atoms with Gasteiger partial charge in [-0.25, -0.2) is 0 Å². The molecule has 1 rings (SSSR count). The lowest BCUT2D eigenvalue weighted by Crippen LogP contribution is -2.47. The molecule has 0 amide bonds. The number of thioether (sulfide) groups is 1. The van der Waals surface area contributed by atoms with Crippen molar-refractivity contribution in [2.75, 3.05) is 11.5 Å². The highest BCUT2D eigenvalue weighted by Crippen LogP contribution is 2.41. The van der Waals surface area contributed by atoms with Gasteiger partial charge in [0.25, 0.3) is 0 Å². The summed E-state index contributed by atoms with van der Waals surface area (Å²) in [6.07, 6.45) is 4.29. The molecule has 1 fully saturated rings. The largest absolute Gasteiger partial charge is 0.390 e. The van der Waals surface area contributed by atoms with Crippen LogP contribution in [0.4, 0.5) is 0 Å². The minimum absolute atomic E-state index is 0.135. The van der Waals surface area contributed by atoms with Crippen LogP contribution in [0.15, 0.2) is 12.2 Å². The van der Waals surface area contributed by atoms with Crippen LogP contribution in [0.1, 0.15) is 27.2 Å². The van der Waals surface area contributed by atoms with Gasteiger partial charge in [0, 0.05) is 16.6 Å². The average Bonchev–Trinajstić information content (AvgIpc) is 2.20. The Bertz CT molecular complexity index is 263. The quantitative estimate of drug-likeness (QED) is 0.778. The molecule has 1 saturated heterocycles. The van der Waals surface area contributed by atoms with Crippen LogP contribution in [-0.4, -0.2) is 31.0 Å². The lowest BCUT2D eigenvalue weighted by Gasteiger charge is -2.38.